The summed E-state index contributed by atoms with van der Waals surface area (Å²) in [5.74, 6) is -0.682. The maximum atomic E-state index is 11.6. The van der Waals surface area contributed by atoms with Gasteiger partial charge in [-0.15, -0.1) is 0 Å². The predicted octanol–water partition coefficient (Wildman–Crippen LogP) is 5.28. The lowest BCUT2D eigenvalue weighted by atomic mass is 10.0. The topological polar surface area (TPSA) is 46.5 Å². The molecule has 0 aliphatic heterocycles. The molecule has 0 heterocycles. The lowest BCUT2D eigenvalue weighted by Crippen LogP contribution is -2.05. The van der Waals surface area contributed by atoms with Crippen molar-refractivity contribution in [3.63, 3.8) is 0 Å². The molecule has 120 valence electrons. The first-order valence-corrected chi connectivity index (χ1v) is 7.82. The summed E-state index contributed by atoms with van der Waals surface area (Å²) in [6.07, 6.45) is 0. The highest BCUT2D eigenvalue weighted by Gasteiger charge is 2.17. The predicted molar refractivity (Wildman–Crippen MR) is 94.6 cm³/mol. The van der Waals surface area contributed by atoms with Gasteiger partial charge in [-0.05, 0) is 29.3 Å². The molecular weight excluding hydrogens is 324 g/mol. The summed E-state index contributed by atoms with van der Waals surface area (Å²) in [5, 5.41) is 10.1. The molecule has 0 bridgehead atoms. The molecule has 0 atom stereocenters. The highest BCUT2D eigenvalue weighted by atomic mass is 35.5. The maximum Gasteiger partial charge on any atom is 0.339 e. The first kappa shape index (κ1) is 16.1. The molecule has 0 saturated heterocycles. The van der Waals surface area contributed by atoms with E-state index in [1.807, 2.05) is 48.5 Å². The Bertz CT molecular complexity index is 860. The maximum absolute atomic E-state index is 11.6. The lowest BCUT2D eigenvalue weighted by Gasteiger charge is -2.14. The third-order valence-corrected chi connectivity index (χ3v) is 3.84. The fourth-order valence-electron chi connectivity index (χ4n) is 2.47. The molecule has 3 aromatic carbocycles. The van der Waals surface area contributed by atoms with Crippen molar-refractivity contribution in [3.8, 4) is 16.9 Å². The Labute approximate surface area is 145 Å². The van der Waals surface area contributed by atoms with Crippen LogP contribution in [0.3, 0.4) is 0 Å². The van der Waals surface area contributed by atoms with Gasteiger partial charge in [0.25, 0.3) is 0 Å². The fourth-order valence-corrected chi connectivity index (χ4v) is 2.66. The number of carboxylic acids is 1. The minimum atomic E-state index is -1.03. The van der Waals surface area contributed by atoms with Crippen LogP contribution in [0.15, 0.2) is 72.8 Å². The van der Waals surface area contributed by atoms with Crippen LogP contribution in [0.25, 0.3) is 11.1 Å². The zero-order valence-electron chi connectivity index (χ0n) is 12.8. The average Bonchev–Trinajstić information content (AvgIpc) is 2.60. The number of para-hydroxylation sites is 1. The van der Waals surface area contributed by atoms with Gasteiger partial charge in [-0.25, -0.2) is 4.79 Å². The largest absolute Gasteiger partial charge is 0.487 e. The van der Waals surface area contributed by atoms with Gasteiger partial charge in [0.15, 0.2) is 0 Å². The normalized spacial score (nSPS) is 10.4. The Morgan fingerprint density at radius 1 is 0.958 bits per heavy atom. The molecule has 3 nitrogen and oxygen atoms in total. The molecule has 0 aromatic heterocycles. The van der Waals surface area contributed by atoms with Gasteiger partial charge in [-0.2, -0.15) is 0 Å². The number of halogens is 1. The van der Waals surface area contributed by atoms with Crippen molar-refractivity contribution in [3.05, 3.63) is 88.9 Å². The summed E-state index contributed by atoms with van der Waals surface area (Å²) in [5.41, 5.74) is 2.61. The molecule has 0 aliphatic carbocycles. The Kier molecular flexibility index (Phi) is 4.82. The second-order valence-electron chi connectivity index (χ2n) is 5.27. The molecule has 0 saturated carbocycles. The summed E-state index contributed by atoms with van der Waals surface area (Å²) < 4.78 is 5.89. The van der Waals surface area contributed by atoms with Gasteiger partial charge < -0.3 is 9.84 Å². The van der Waals surface area contributed by atoms with E-state index in [-0.39, 0.29) is 5.56 Å². The standard InChI is InChI=1S/C20H15ClO3/c21-16-9-4-8-15(12-16)17-10-5-11-18(20(22)23)19(17)24-13-14-6-2-1-3-7-14/h1-12H,13H2,(H,22,23). The molecule has 3 aromatic rings. The number of carboxylic acid groups (broad SMARTS) is 1. The van der Waals surface area contributed by atoms with E-state index in [9.17, 15) is 9.90 Å². The van der Waals surface area contributed by atoms with Crippen LogP contribution in [0, 0.1) is 0 Å². The van der Waals surface area contributed by atoms with Crippen molar-refractivity contribution in [2.75, 3.05) is 0 Å². The van der Waals surface area contributed by atoms with Gasteiger partial charge in [0.1, 0.15) is 17.9 Å². The lowest BCUT2D eigenvalue weighted by molar-refractivity contribution is 0.0692. The number of aromatic carboxylic acids is 1. The van der Waals surface area contributed by atoms with Crippen molar-refractivity contribution < 1.29 is 14.6 Å². The molecule has 0 unspecified atom stereocenters. The zero-order valence-corrected chi connectivity index (χ0v) is 13.5. The summed E-state index contributed by atoms with van der Waals surface area (Å²) in [6, 6.07) is 22.0. The van der Waals surface area contributed by atoms with E-state index in [2.05, 4.69) is 0 Å². The third kappa shape index (κ3) is 3.58. The number of hydrogen-bond acceptors (Lipinski definition) is 2. The van der Waals surface area contributed by atoms with Gasteiger partial charge >= 0.3 is 5.97 Å². The molecule has 0 spiro atoms. The van der Waals surface area contributed by atoms with Crippen molar-refractivity contribution in [1.29, 1.82) is 0 Å². The third-order valence-electron chi connectivity index (χ3n) is 3.61. The van der Waals surface area contributed by atoms with Gasteiger partial charge in [0, 0.05) is 10.6 Å². The minimum absolute atomic E-state index is 0.128. The van der Waals surface area contributed by atoms with Crippen LogP contribution < -0.4 is 4.74 Å². The first-order chi connectivity index (χ1) is 11.6. The number of benzene rings is 3. The molecule has 3 rings (SSSR count). The Hall–Kier alpha value is -2.78. The molecule has 0 aliphatic rings. The van der Waals surface area contributed by atoms with Gasteiger partial charge in [-0.3, -0.25) is 0 Å². The van der Waals surface area contributed by atoms with E-state index < -0.39 is 5.97 Å². The Morgan fingerprint density at radius 3 is 2.42 bits per heavy atom. The summed E-state index contributed by atoms with van der Waals surface area (Å²) >= 11 is 6.07. The first-order valence-electron chi connectivity index (χ1n) is 7.44. The SMILES string of the molecule is O=C(O)c1cccc(-c2cccc(Cl)c2)c1OCc1ccccc1. The van der Waals surface area contributed by atoms with Gasteiger partial charge in [0.05, 0.1) is 0 Å². The molecule has 0 fully saturated rings. The number of rotatable bonds is 5. The van der Waals surface area contributed by atoms with Crippen LogP contribution in [-0.4, -0.2) is 11.1 Å². The zero-order chi connectivity index (χ0) is 16.9. The molecule has 0 amide bonds. The van der Waals surface area contributed by atoms with Gasteiger partial charge in [0.2, 0.25) is 0 Å². The Morgan fingerprint density at radius 2 is 1.71 bits per heavy atom. The number of ether oxygens (including phenoxy) is 1. The second kappa shape index (κ2) is 7.20. The average molecular weight is 339 g/mol. The summed E-state index contributed by atoms with van der Waals surface area (Å²) in [6.45, 7) is 0.290. The molecule has 24 heavy (non-hydrogen) atoms. The van der Waals surface area contributed by atoms with Crippen molar-refractivity contribution in [1.82, 2.24) is 0 Å². The minimum Gasteiger partial charge on any atom is -0.487 e. The second-order valence-corrected chi connectivity index (χ2v) is 5.71. The van der Waals surface area contributed by atoms with Crippen LogP contribution in [-0.2, 0) is 6.61 Å². The van der Waals surface area contributed by atoms with E-state index in [1.165, 1.54) is 6.07 Å². The van der Waals surface area contributed by atoms with Crippen molar-refractivity contribution in [2.24, 2.45) is 0 Å². The van der Waals surface area contributed by atoms with Crippen LogP contribution >= 0.6 is 11.6 Å². The van der Waals surface area contributed by atoms with E-state index in [4.69, 9.17) is 16.3 Å². The monoisotopic (exact) mass is 338 g/mol. The molecule has 4 heteroatoms. The van der Waals surface area contributed by atoms with Crippen LogP contribution in [0.2, 0.25) is 5.02 Å². The van der Waals surface area contributed by atoms with E-state index >= 15 is 0 Å². The van der Waals surface area contributed by atoms with Crippen molar-refractivity contribution >= 4 is 17.6 Å². The Balaban J connectivity index is 2.02. The van der Waals surface area contributed by atoms with Crippen LogP contribution in [0.5, 0.6) is 5.75 Å². The fraction of sp³-hybridized carbons (Fsp3) is 0.0500. The number of carbonyl (C=O) groups is 1. The quantitative estimate of drug-likeness (QED) is 0.688. The van der Waals surface area contributed by atoms with E-state index in [0.29, 0.717) is 22.9 Å². The highest BCUT2D eigenvalue weighted by Crippen LogP contribution is 2.35. The molecule has 1 N–H and O–H groups in total. The highest BCUT2D eigenvalue weighted by molar-refractivity contribution is 6.30. The van der Waals surface area contributed by atoms with E-state index in [0.717, 1.165) is 11.1 Å². The summed E-state index contributed by atoms with van der Waals surface area (Å²) in [4.78, 5) is 11.6. The molecular formula is C20H15ClO3. The van der Waals surface area contributed by atoms with E-state index in [1.54, 1.807) is 18.2 Å². The van der Waals surface area contributed by atoms with Gasteiger partial charge in [-0.1, -0.05) is 66.2 Å². The smallest absolute Gasteiger partial charge is 0.339 e. The number of hydrogen-bond donors (Lipinski definition) is 1. The molecule has 0 radical (unpaired) electrons. The van der Waals surface area contributed by atoms with Crippen LogP contribution in [0.1, 0.15) is 15.9 Å². The summed E-state index contributed by atoms with van der Waals surface area (Å²) in [7, 11) is 0. The van der Waals surface area contributed by atoms with Crippen LogP contribution in [0.4, 0.5) is 0 Å². The van der Waals surface area contributed by atoms with Crippen molar-refractivity contribution in [2.45, 2.75) is 6.61 Å².